The van der Waals surface area contributed by atoms with E-state index in [9.17, 15) is 14.7 Å². The average molecular weight is 349 g/mol. The minimum absolute atomic E-state index is 0.146. The topological polar surface area (TPSA) is 75.6 Å². The van der Waals surface area contributed by atoms with Crippen LogP contribution in [-0.2, 0) is 6.42 Å². The van der Waals surface area contributed by atoms with E-state index >= 15 is 0 Å². The smallest absolute Gasteiger partial charge is 0.339 e. The maximum Gasteiger partial charge on any atom is 0.339 e. The van der Waals surface area contributed by atoms with Crippen molar-refractivity contribution in [3.63, 3.8) is 0 Å². The molecule has 0 saturated heterocycles. The SMILES string of the molecule is CNC(=O)c1cccc(C#Cc2cc3c(c(C(=O)O)c2)OCCCC3)c1. The number of aromatic carboxylic acids is 1. The van der Waals surface area contributed by atoms with Gasteiger partial charge in [-0.05, 0) is 55.2 Å². The van der Waals surface area contributed by atoms with Crippen molar-refractivity contribution in [1.82, 2.24) is 5.32 Å². The van der Waals surface area contributed by atoms with Crippen LogP contribution in [0.3, 0.4) is 0 Å². The van der Waals surface area contributed by atoms with Crippen molar-refractivity contribution in [2.45, 2.75) is 19.3 Å². The number of rotatable bonds is 2. The molecule has 0 fully saturated rings. The molecule has 2 aromatic rings. The highest BCUT2D eigenvalue weighted by Gasteiger charge is 2.19. The molecule has 0 bridgehead atoms. The van der Waals surface area contributed by atoms with E-state index in [1.54, 1.807) is 31.3 Å². The second-order valence-electron chi connectivity index (χ2n) is 6.03. The molecule has 0 radical (unpaired) electrons. The summed E-state index contributed by atoms with van der Waals surface area (Å²) in [5, 5.41) is 12.1. The Balaban J connectivity index is 1.98. The lowest BCUT2D eigenvalue weighted by molar-refractivity contribution is 0.0692. The molecule has 3 rings (SSSR count). The van der Waals surface area contributed by atoms with Crippen LogP contribution < -0.4 is 10.1 Å². The highest BCUT2D eigenvalue weighted by atomic mass is 16.5. The lowest BCUT2D eigenvalue weighted by Crippen LogP contribution is -2.17. The van der Waals surface area contributed by atoms with Crippen LogP contribution in [0.1, 0.15) is 50.2 Å². The lowest BCUT2D eigenvalue weighted by atomic mass is 10.0. The lowest BCUT2D eigenvalue weighted by Gasteiger charge is -2.11. The Morgan fingerprint density at radius 3 is 2.69 bits per heavy atom. The number of carbonyl (C=O) groups is 2. The van der Waals surface area contributed by atoms with Crippen molar-refractivity contribution >= 4 is 11.9 Å². The molecule has 0 unspecified atom stereocenters. The molecule has 1 amide bonds. The molecule has 2 aromatic carbocycles. The first-order valence-corrected chi connectivity index (χ1v) is 8.45. The number of hydrogen-bond acceptors (Lipinski definition) is 3. The van der Waals surface area contributed by atoms with Crippen molar-refractivity contribution in [3.05, 3.63) is 64.2 Å². The summed E-state index contributed by atoms with van der Waals surface area (Å²) in [6.45, 7) is 0.532. The molecule has 5 nitrogen and oxygen atoms in total. The molecule has 1 heterocycles. The molecule has 0 atom stereocenters. The normalized spacial score (nSPS) is 12.7. The molecule has 132 valence electrons. The van der Waals surface area contributed by atoms with Gasteiger partial charge in [0, 0.05) is 23.7 Å². The minimum atomic E-state index is -1.02. The van der Waals surface area contributed by atoms with E-state index in [2.05, 4.69) is 17.2 Å². The van der Waals surface area contributed by atoms with Gasteiger partial charge in [-0.2, -0.15) is 0 Å². The van der Waals surface area contributed by atoms with Crippen molar-refractivity contribution in [3.8, 4) is 17.6 Å². The maximum atomic E-state index is 11.7. The van der Waals surface area contributed by atoms with Crippen molar-refractivity contribution in [1.29, 1.82) is 0 Å². The Morgan fingerprint density at radius 2 is 1.92 bits per heavy atom. The molecular weight excluding hydrogens is 330 g/mol. The number of fused-ring (bicyclic) bond motifs is 1. The third-order valence-corrected chi connectivity index (χ3v) is 4.19. The number of carboxylic acid groups (broad SMARTS) is 1. The first-order valence-electron chi connectivity index (χ1n) is 8.45. The monoisotopic (exact) mass is 349 g/mol. The van der Waals surface area contributed by atoms with Gasteiger partial charge in [0.1, 0.15) is 11.3 Å². The van der Waals surface area contributed by atoms with E-state index in [0.717, 1.165) is 24.8 Å². The fraction of sp³-hybridized carbons (Fsp3) is 0.238. The molecule has 26 heavy (non-hydrogen) atoms. The molecule has 0 aliphatic carbocycles. The zero-order valence-electron chi connectivity index (χ0n) is 14.5. The van der Waals surface area contributed by atoms with Crippen LogP contribution in [0, 0.1) is 11.8 Å². The summed E-state index contributed by atoms with van der Waals surface area (Å²) in [7, 11) is 1.58. The van der Waals surface area contributed by atoms with Gasteiger partial charge in [-0.15, -0.1) is 0 Å². The van der Waals surface area contributed by atoms with Gasteiger partial charge in [-0.3, -0.25) is 4.79 Å². The zero-order valence-corrected chi connectivity index (χ0v) is 14.5. The summed E-state index contributed by atoms with van der Waals surface area (Å²) >= 11 is 0. The van der Waals surface area contributed by atoms with Gasteiger partial charge in [-0.1, -0.05) is 17.9 Å². The third kappa shape index (κ3) is 3.86. The number of ether oxygens (including phenoxy) is 1. The van der Waals surface area contributed by atoms with Crippen molar-refractivity contribution < 1.29 is 19.4 Å². The first kappa shape index (κ1) is 17.6. The van der Waals surface area contributed by atoms with Crippen LogP contribution in [-0.4, -0.2) is 30.6 Å². The van der Waals surface area contributed by atoms with Gasteiger partial charge in [0.2, 0.25) is 0 Å². The zero-order chi connectivity index (χ0) is 18.5. The second-order valence-corrected chi connectivity index (χ2v) is 6.03. The van der Waals surface area contributed by atoms with Crippen LogP contribution in [0.25, 0.3) is 0 Å². The number of carbonyl (C=O) groups excluding carboxylic acids is 1. The quantitative estimate of drug-likeness (QED) is 0.818. The number of benzene rings is 2. The van der Waals surface area contributed by atoms with Crippen molar-refractivity contribution in [2.24, 2.45) is 0 Å². The number of carboxylic acids is 1. The Hall–Kier alpha value is -3.26. The van der Waals surface area contributed by atoms with Crippen molar-refractivity contribution in [2.75, 3.05) is 13.7 Å². The molecule has 5 heteroatoms. The largest absolute Gasteiger partial charge is 0.492 e. The van der Waals surface area contributed by atoms with E-state index in [1.165, 1.54) is 0 Å². The van der Waals surface area contributed by atoms with E-state index < -0.39 is 5.97 Å². The van der Waals surface area contributed by atoms with Crippen LogP contribution in [0.4, 0.5) is 0 Å². The van der Waals surface area contributed by atoms with Crippen LogP contribution in [0.15, 0.2) is 36.4 Å². The highest BCUT2D eigenvalue weighted by molar-refractivity contribution is 5.94. The van der Waals surface area contributed by atoms with Crippen LogP contribution >= 0.6 is 0 Å². The summed E-state index contributed by atoms with van der Waals surface area (Å²) < 4.78 is 5.64. The Bertz CT molecular complexity index is 921. The number of amides is 1. The summed E-state index contributed by atoms with van der Waals surface area (Å²) in [5.41, 5.74) is 2.87. The summed E-state index contributed by atoms with van der Waals surface area (Å²) in [4.78, 5) is 23.3. The van der Waals surface area contributed by atoms with Gasteiger partial charge >= 0.3 is 5.97 Å². The summed E-state index contributed by atoms with van der Waals surface area (Å²) in [6, 6.07) is 10.4. The number of nitrogens with one attached hydrogen (secondary N) is 1. The molecular formula is C21H19NO4. The van der Waals surface area contributed by atoms with Gasteiger partial charge in [-0.25, -0.2) is 4.79 Å². The predicted octanol–water partition coefficient (Wildman–Crippen LogP) is 2.86. The number of hydrogen-bond donors (Lipinski definition) is 2. The van der Waals surface area contributed by atoms with Crippen LogP contribution in [0.2, 0.25) is 0 Å². The van der Waals surface area contributed by atoms with Gasteiger partial charge in [0.15, 0.2) is 0 Å². The Labute approximate surface area is 152 Å². The maximum absolute atomic E-state index is 11.7. The summed E-state index contributed by atoms with van der Waals surface area (Å²) in [6.07, 6.45) is 2.63. The van der Waals surface area contributed by atoms with Gasteiger partial charge in [0.25, 0.3) is 5.91 Å². The van der Waals surface area contributed by atoms with E-state index in [-0.39, 0.29) is 11.5 Å². The molecule has 0 aromatic heterocycles. The Kier molecular flexibility index (Phi) is 5.23. The number of aryl methyl sites for hydroxylation is 1. The molecule has 1 aliphatic heterocycles. The second kappa shape index (κ2) is 7.75. The fourth-order valence-corrected chi connectivity index (χ4v) is 2.89. The summed E-state index contributed by atoms with van der Waals surface area (Å²) in [5.74, 6) is 5.28. The van der Waals surface area contributed by atoms with Gasteiger partial charge in [0.05, 0.1) is 6.61 Å². The molecule has 2 N–H and O–H groups in total. The standard InChI is InChI=1S/C21H19NO4/c1-22-20(23)17-7-4-5-14(11-17)8-9-15-12-16-6-2-3-10-26-19(16)18(13-15)21(24)25/h4-5,7,11-13H,2-3,6,10H2,1H3,(H,22,23)(H,24,25). The molecule has 0 saturated carbocycles. The fourth-order valence-electron chi connectivity index (χ4n) is 2.89. The first-order chi connectivity index (χ1) is 12.6. The molecule has 0 spiro atoms. The van der Waals surface area contributed by atoms with E-state index in [1.807, 2.05) is 12.1 Å². The third-order valence-electron chi connectivity index (χ3n) is 4.19. The Morgan fingerprint density at radius 1 is 1.12 bits per heavy atom. The van der Waals surface area contributed by atoms with Gasteiger partial charge < -0.3 is 15.2 Å². The molecule has 1 aliphatic rings. The van der Waals surface area contributed by atoms with E-state index in [4.69, 9.17) is 4.74 Å². The predicted molar refractivity (Wildman–Crippen MR) is 97.6 cm³/mol. The average Bonchev–Trinajstić information content (AvgIpc) is 2.90. The highest BCUT2D eigenvalue weighted by Crippen LogP contribution is 2.30. The van der Waals surface area contributed by atoms with E-state index in [0.29, 0.717) is 29.0 Å². The van der Waals surface area contributed by atoms with Crippen LogP contribution in [0.5, 0.6) is 5.75 Å². The minimum Gasteiger partial charge on any atom is -0.492 e.